The summed E-state index contributed by atoms with van der Waals surface area (Å²) in [5, 5.41) is 17.4. The summed E-state index contributed by atoms with van der Waals surface area (Å²) in [6.07, 6.45) is 2.67. The fourth-order valence-corrected chi connectivity index (χ4v) is 6.61. The first kappa shape index (κ1) is 30.1. The summed E-state index contributed by atoms with van der Waals surface area (Å²) in [5.41, 5.74) is -1.16. The van der Waals surface area contributed by atoms with Crippen LogP contribution in [0, 0.1) is 34.5 Å². The van der Waals surface area contributed by atoms with Crippen molar-refractivity contribution in [2.45, 2.75) is 115 Å². The van der Waals surface area contributed by atoms with Crippen LogP contribution in [0.3, 0.4) is 0 Å². The van der Waals surface area contributed by atoms with Crippen LogP contribution in [-0.2, 0) is 19.2 Å². The van der Waals surface area contributed by atoms with Gasteiger partial charge in [0, 0.05) is 18.0 Å². The quantitative estimate of drug-likeness (QED) is 0.435. The zero-order valence-corrected chi connectivity index (χ0v) is 23.4. The van der Waals surface area contributed by atoms with Crippen molar-refractivity contribution in [3.63, 3.8) is 0 Å². The van der Waals surface area contributed by atoms with Crippen LogP contribution >= 0.6 is 0 Å². The van der Waals surface area contributed by atoms with Crippen molar-refractivity contribution in [3.05, 3.63) is 0 Å². The van der Waals surface area contributed by atoms with E-state index in [4.69, 9.17) is 0 Å². The van der Waals surface area contributed by atoms with Gasteiger partial charge in [-0.1, -0.05) is 46.5 Å². The smallest absolute Gasteiger partial charge is 0.350 e. The van der Waals surface area contributed by atoms with Gasteiger partial charge >= 0.3 is 12.1 Å². The summed E-state index contributed by atoms with van der Waals surface area (Å²) < 4.78 is 39.3. The Hall–Kier alpha value is -2.84. The molecular weight excluding hydrogens is 527 g/mol. The number of hydrogen-bond donors (Lipinski definition) is 3. The minimum absolute atomic E-state index is 0.0134. The van der Waals surface area contributed by atoms with Gasteiger partial charge in [0.05, 0.1) is 6.07 Å². The highest BCUT2D eigenvalue weighted by Gasteiger charge is 2.50. The molecule has 0 aromatic carbocycles. The summed E-state index contributed by atoms with van der Waals surface area (Å²) in [5.74, 6) is -3.78. The van der Waals surface area contributed by atoms with Crippen molar-refractivity contribution in [3.8, 4) is 6.07 Å². The summed E-state index contributed by atoms with van der Waals surface area (Å²) in [6.45, 7) is 4.86. The monoisotopic (exact) mass is 567 g/mol. The number of carbonyl (C=O) groups is 4. The van der Waals surface area contributed by atoms with Crippen molar-refractivity contribution in [2.75, 3.05) is 6.54 Å². The molecule has 2 aliphatic carbocycles. The minimum Gasteiger partial charge on any atom is -0.350 e. The normalized spacial score (nSPS) is 28.0. The van der Waals surface area contributed by atoms with Gasteiger partial charge in [0.15, 0.2) is 0 Å². The van der Waals surface area contributed by atoms with E-state index in [0.29, 0.717) is 18.8 Å². The van der Waals surface area contributed by atoms with E-state index in [1.54, 1.807) is 20.8 Å². The third-order valence-electron chi connectivity index (χ3n) is 9.21. The number of hydrogen-bond acceptors (Lipinski definition) is 5. The van der Waals surface area contributed by atoms with Crippen molar-refractivity contribution in [1.29, 1.82) is 5.26 Å². The Morgan fingerprint density at radius 3 is 2.25 bits per heavy atom. The SMILES string of the molecule is CC(C)(C)C(NC(=O)C(F)(F)F)C(=O)N1CC(C2CCCC2)CC1C(=O)NC(C#N)CC1CCC2(CC2)NC1=O. The number of likely N-dealkylation sites (tertiary alicyclic amines) is 1. The lowest BCUT2D eigenvalue weighted by molar-refractivity contribution is -0.176. The Bertz CT molecular complexity index is 1060. The van der Waals surface area contributed by atoms with Gasteiger partial charge in [0.25, 0.3) is 0 Å². The predicted octanol–water partition coefficient (Wildman–Crippen LogP) is 2.94. The van der Waals surface area contributed by atoms with E-state index in [1.807, 2.05) is 5.32 Å². The number of piperidine rings is 1. The summed E-state index contributed by atoms with van der Waals surface area (Å²) in [6, 6.07) is -1.39. The van der Waals surface area contributed by atoms with E-state index >= 15 is 0 Å². The molecular formula is C28H40F3N5O4. The largest absolute Gasteiger partial charge is 0.471 e. The number of carbonyl (C=O) groups excluding carboxylic acids is 4. The van der Waals surface area contributed by atoms with Crippen LogP contribution in [0.4, 0.5) is 13.2 Å². The molecule has 0 radical (unpaired) electrons. The maximum Gasteiger partial charge on any atom is 0.471 e. The molecule has 12 heteroatoms. The molecule has 2 saturated carbocycles. The van der Waals surface area contributed by atoms with E-state index < -0.39 is 53.4 Å². The molecule has 0 aromatic heterocycles. The van der Waals surface area contributed by atoms with Gasteiger partial charge in [0.1, 0.15) is 18.1 Å². The molecule has 4 fully saturated rings. The van der Waals surface area contributed by atoms with E-state index in [1.165, 1.54) is 4.90 Å². The van der Waals surface area contributed by atoms with Crippen LogP contribution in [0.5, 0.6) is 0 Å². The van der Waals surface area contributed by atoms with E-state index in [0.717, 1.165) is 44.9 Å². The molecule has 4 rings (SSSR count). The molecule has 2 aliphatic heterocycles. The van der Waals surface area contributed by atoms with Crippen molar-refractivity contribution in [2.24, 2.45) is 23.2 Å². The molecule has 0 bridgehead atoms. The molecule has 4 aliphatic rings. The lowest BCUT2D eigenvalue weighted by Crippen LogP contribution is -2.59. The highest BCUT2D eigenvalue weighted by molar-refractivity contribution is 5.94. The van der Waals surface area contributed by atoms with Crippen molar-refractivity contribution in [1.82, 2.24) is 20.9 Å². The Morgan fingerprint density at radius 2 is 1.73 bits per heavy atom. The van der Waals surface area contributed by atoms with Crippen LogP contribution in [0.2, 0.25) is 0 Å². The molecule has 3 N–H and O–H groups in total. The number of alkyl halides is 3. The van der Waals surface area contributed by atoms with Crippen molar-refractivity contribution < 1.29 is 32.3 Å². The van der Waals surface area contributed by atoms with Crippen molar-refractivity contribution >= 4 is 23.6 Å². The maximum absolute atomic E-state index is 13.8. The first-order chi connectivity index (χ1) is 18.6. The Morgan fingerprint density at radius 1 is 1.07 bits per heavy atom. The van der Waals surface area contributed by atoms with Crippen LogP contribution in [0.15, 0.2) is 0 Å². The molecule has 2 heterocycles. The summed E-state index contributed by atoms with van der Waals surface area (Å²) >= 11 is 0. The predicted molar refractivity (Wildman–Crippen MR) is 138 cm³/mol. The average Bonchev–Trinajstić information content (AvgIpc) is 3.25. The first-order valence-corrected chi connectivity index (χ1v) is 14.3. The molecule has 222 valence electrons. The topological polar surface area (TPSA) is 131 Å². The summed E-state index contributed by atoms with van der Waals surface area (Å²) in [4.78, 5) is 53.0. The van der Waals surface area contributed by atoms with Gasteiger partial charge in [-0.3, -0.25) is 19.2 Å². The van der Waals surface area contributed by atoms with Gasteiger partial charge < -0.3 is 20.9 Å². The molecule has 5 unspecified atom stereocenters. The fraction of sp³-hybridized carbons (Fsp3) is 0.821. The van der Waals surface area contributed by atoms with E-state index in [-0.39, 0.29) is 30.3 Å². The molecule has 1 spiro atoms. The second kappa shape index (κ2) is 11.2. The van der Waals surface area contributed by atoms with Gasteiger partial charge in [-0.05, 0) is 55.8 Å². The number of nitrogens with zero attached hydrogens (tertiary/aromatic N) is 2. The third-order valence-corrected chi connectivity index (χ3v) is 9.21. The third kappa shape index (κ3) is 6.72. The Balaban J connectivity index is 1.49. The van der Waals surface area contributed by atoms with Gasteiger partial charge in [-0.15, -0.1) is 0 Å². The Labute approximate surface area is 233 Å². The molecule has 2 saturated heterocycles. The molecule has 0 aromatic rings. The standard InChI is InChI=1S/C28H40F3N5O4/c1-26(2,3)21(34-25(40)28(29,30)31)24(39)36-15-18(16-6-4-5-7-16)13-20(36)23(38)33-19(14-32)12-17-8-9-27(10-11-27)35-22(17)37/h16-21H,4-13,15H2,1-3H3,(H,33,38)(H,34,40)(H,35,37). The second-order valence-electron chi connectivity index (χ2n) is 13.2. The van der Waals surface area contributed by atoms with Crippen LogP contribution in [-0.4, -0.2) is 64.9 Å². The highest BCUT2D eigenvalue weighted by Crippen LogP contribution is 2.44. The fourth-order valence-electron chi connectivity index (χ4n) is 6.61. The second-order valence-corrected chi connectivity index (χ2v) is 13.2. The van der Waals surface area contributed by atoms with Crippen LogP contribution in [0.25, 0.3) is 0 Å². The number of amides is 4. The summed E-state index contributed by atoms with van der Waals surface area (Å²) in [7, 11) is 0. The first-order valence-electron chi connectivity index (χ1n) is 14.3. The molecule has 4 amide bonds. The average molecular weight is 568 g/mol. The number of halogens is 3. The van der Waals surface area contributed by atoms with Crippen LogP contribution < -0.4 is 16.0 Å². The zero-order chi connectivity index (χ0) is 29.5. The maximum atomic E-state index is 13.8. The zero-order valence-electron chi connectivity index (χ0n) is 23.4. The molecule has 40 heavy (non-hydrogen) atoms. The number of nitrogens with one attached hydrogen (secondary N) is 3. The Kier molecular flexibility index (Phi) is 8.44. The number of rotatable bonds is 7. The lowest BCUT2D eigenvalue weighted by Gasteiger charge is -2.36. The highest BCUT2D eigenvalue weighted by atomic mass is 19.4. The van der Waals surface area contributed by atoms with Gasteiger partial charge in [-0.2, -0.15) is 18.4 Å². The van der Waals surface area contributed by atoms with Crippen LogP contribution in [0.1, 0.15) is 85.0 Å². The van der Waals surface area contributed by atoms with Gasteiger partial charge in [-0.25, -0.2) is 0 Å². The van der Waals surface area contributed by atoms with E-state index in [2.05, 4.69) is 16.7 Å². The van der Waals surface area contributed by atoms with Gasteiger partial charge in [0.2, 0.25) is 17.7 Å². The minimum atomic E-state index is -5.16. The molecule has 9 nitrogen and oxygen atoms in total. The molecule has 5 atom stereocenters. The number of nitriles is 1. The lowest BCUT2D eigenvalue weighted by atomic mass is 9.85. The van der Waals surface area contributed by atoms with E-state index in [9.17, 15) is 37.6 Å².